The predicted octanol–water partition coefficient (Wildman–Crippen LogP) is 3.11. The van der Waals surface area contributed by atoms with E-state index in [-0.39, 0.29) is 22.0 Å². The molecular weight excluding hydrogens is 387 g/mol. The zero-order valence-electron chi connectivity index (χ0n) is 13.5. The lowest BCUT2D eigenvalue weighted by Crippen LogP contribution is -2.27. The summed E-state index contributed by atoms with van der Waals surface area (Å²) in [5, 5.41) is 3.33. The Hall–Kier alpha value is -1.64. The molecule has 0 aliphatic rings. The van der Waals surface area contributed by atoms with Gasteiger partial charge in [0, 0.05) is 18.6 Å². The van der Waals surface area contributed by atoms with E-state index in [1.807, 2.05) is 0 Å². The van der Waals surface area contributed by atoms with Gasteiger partial charge in [0.05, 0.1) is 22.6 Å². The zero-order valence-corrected chi connectivity index (χ0v) is 15.8. The van der Waals surface area contributed by atoms with Gasteiger partial charge in [-0.25, -0.2) is 8.42 Å². The average Bonchev–Trinajstić information content (AvgIpc) is 2.60. The van der Waals surface area contributed by atoms with Crippen molar-refractivity contribution in [2.24, 2.45) is 0 Å². The molecule has 2 aromatic rings. The molecule has 0 fully saturated rings. The van der Waals surface area contributed by atoms with Crippen LogP contribution < -0.4 is 5.32 Å². The van der Waals surface area contributed by atoms with Crippen molar-refractivity contribution in [3.05, 3.63) is 63.6 Å². The molecule has 0 aliphatic heterocycles. The van der Waals surface area contributed by atoms with Gasteiger partial charge in [0.1, 0.15) is 0 Å². The van der Waals surface area contributed by atoms with Gasteiger partial charge in [-0.2, -0.15) is 0 Å². The molecule has 0 unspecified atom stereocenters. The van der Waals surface area contributed by atoms with Crippen LogP contribution in [0.3, 0.4) is 0 Å². The minimum atomic E-state index is -3.88. The number of hydrogen-bond donors (Lipinski definition) is 1. The summed E-state index contributed by atoms with van der Waals surface area (Å²) in [7, 11) is -1.41. The van der Waals surface area contributed by atoms with E-state index in [9.17, 15) is 13.2 Å². The topological polar surface area (TPSA) is 75.7 Å². The van der Waals surface area contributed by atoms with E-state index in [1.165, 1.54) is 32.4 Å². The van der Waals surface area contributed by atoms with E-state index in [1.54, 1.807) is 24.3 Å². The number of sulfonamides is 1. The summed E-state index contributed by atoms with van der Waals surface area (Å²) in [6.07, 6.45) is 0. The number of hydroxylamine groups is 1. The number of rotatable bonds is 6. The molecule has 25 heavy (non-hydrogen) atoms. The third-order valence-electron chi connectivity index (χ3n) is 3.47. The molecule has 0 saturated heterocycles. The number of benzene rings is 2. The predicted molar refractivity (Wildman–Crippen MR) is 96.0 cm³/mol. The molecule has 0 aliphatic carbocycles. The van der Waals surface area contributed by atoms with Crippen LogP contribution in [0.4, 0.5) is 0 Å². The van der Waals surface area contributed by atoms with Crippen molar-refractivity contribution in [3.8, 4) is 0 Å². The normalized spacial score (nSPS) is 11.6. The van der Waals surface area contributed by atoms with Crippen molar-refractivity contribution in [1.29, 1.82) is 0 Å². The summed E-state index contributed by atoms with van der Waals surface area (Å²) >= 11 is 12.1. The Morgan fingerprint density at radius 1 is 1.16 bits per heavy atom. The maximum atomic E-state index is 12.4. The van der Waals surface area contributed by atoms with Gasteiger partial charge in [-0.3, -0.25) is 9.63 Å². The quantitative estimate of drug-likeness (QED) is 0.753. The summed E-state index contributed by atoms with van der Waals surface area (Å²) in [5.74, 6) is -0.512. The fourth-order valence-corrected chi connectivity index (χ4v) is 3.40. The second-order valence-electron chi connectivity index (χ2n) is 5.01. The molecule has 0 aromatic heterocycles. The third-order valence-corrected chi connectivity index (χ3v) is 5.85. The van der Waals surface area contributed by atoms with Crippen molar-refractivity contribution in [3.63, 3.8) is 0 Å². The highest BCUT2D eigenvalue weighted by atomic mass is 35.5. The molecule has 134 valence electrons. The van der Waals surface area contributed by atoms with E-state index in [0.717, 1.165) is 5.56 Å². The largest absolute Gasteiger partial charge is 0.348 e. The van der Waals surface area contributed by atoms with Crippen molar-refractivity contribution in [1.82, 2.24) is 9.79 Å². The number of amides is 1. The number of carbonyl (C=O) groups excluding carboxylic acids is 1. The van der Waals surface area contributed by atoms with Crippen molar-refractivity contribution in [2.45, 2.75) is 11.4 Å². The van der Waals surface area contributed by atoms with Gasteiger partial charge in [0.15, 0.2) is 0 Å². The van der Waals surface area contributed by atoms with Gasteiger partial charge in [-0.1, -0.05) is 45.9 Å². The highest BCUT2D eigenvalue weighted by molar-refractivity contribution is 7.89. The van der Waals surface area contributed by atoms with Crippen LogP contribution in [-0.2, 0) is 21.4 Å². The first kappa shape index (κ1) is 19.7. The van der Waals surface area contributed by atoms with Crippen LogP contribution in [0.25, 0.3) is 0 Å². The lowest BCUT2D eigenvalue weighted by Gasteiger charge is -2.15. The van der Waals surface area contributed by atoms with E-state index >= 15 is 0 Å². The Bertz CT molecular complexity index is 887. The van der Waals surface area contributed by atoms with Crippen molar-refractivity contribution < 1.29 is 18.0 Å². The van der Waals surface area contributed by atoms with Gasteiger partial charge in [0.25, 0.3) is 15.9 Å². The van der Waals surface area contributed by atoms with Gasteiger partial charge >= 0.3 is 0 Å². The Balaban J connectivity index is 2.25. The summed E-state index contributed by atoms with van der Waals surface area (Å²) in [4.78, 5) is 17.0. The monoisotopic (exact) mass is 402 g/mol. The molecule has 0 atom stereocenters. The van der Waals surface area contributed by atoms with Crippen LogP contribution in [0.5, 0.6) is 0 Å². The minimum absolute atomic E-state index is 0.0410. The Morgan fingerprint density at radius 2 is 1.84 bits per heavy atom. The number of hydrogen-bond acceptors (Lipinski definition) is 4. The Labute approximate surface area is 156 Å². The van der Waals surface area contributed by atoms with Crippen LogP contribution in [0.2, 0.25) is 10.0 Å². The smallest absolute Gasteiger partial charge is 0.264 e. The number of halogens is 2. The minimum Gasteiger partial charge on any atom is -0.348 e. The highest BCUT2D eigenvalue weighted by Gasteiger charge is 2.23. The van der Waals surface area contributed by atoms with Crippen LogP contribution >= 0.6 is 23.2 Å². The number of nitrogens with one attached hydrogen (secondary N) is 1. The van der Waals surface area contributed by atoms with E-state index < -0.39 is 15.9 Å². The van der Waals surface area contributed by atoms with Crippen LogP contribution in [0.1, 0.15) is 15.9 Å². The van der Waals surface area contributed by atoms with Crippen molar-refractivity contribution in [2.75, 3.05) is 14.2 Å². The number of carbonyl (C=O) groups is 1. The number of nitrogens with zero attached hydrogens (tertiary/aromatic N) is 1. The molecule has 9 heteroatoms. The van der Waals surface area contributed by atoms with E-state index in [0.29, 0.717) is 9.49 Å². The molecular formula is C16H16Cl2N2O4S. The van der Waals surface area contributed by atoms with Crippen LogP contribution in [0, 0.1) is 0 Å². The standard InChI is InChI=1S/C16H16Cl2N2O4S/c1-20(24-2)25(22,23)12-7-8-15(18)13(9-12)16(21)19-10-11-5-3-4-6-14(11)17/h3-9H,10H2,1-2H3,(H,19,21). The van der Waals surface area contributed by atoms with Gasteiger partial charge in [0.2, 0.25) is 0 Å². The summed E-state index contributed by atoms with van der Waals surface area (Å²) in [6, 6.07) is 10.9. The molecule has 0 saturated carbocycles. The first-order valence-corrected chi connectivity index (χ1v) is 9.31. The highest BCUT2D eigenvalue weighted by Crippen LogP contribution is 2.23. The lowest BCUT2D eigenvalue weighted by molar-refractivity contribution is -0.0258. The zero-order chi connectivity index (χ0) is 18.6. The van der Waals surface area contributed by atoms with E-state index in [2.05, 4.69) is 5.32 Å². The molecule has 6 nitrogen and oxygen atoms in total. The summed E-state index contributed by atoms with van der Waals surface area (Å²) in [5.41, 5.74) is 0.774. The lowest BCUT2D eigenvalue weighted by atomic mass is 10.2. The summed E-state index contributed by atoms with van der Waals surface area (Å²) in [6.45, 7) is 0.184. The maximum absolute atomic E-state index is 12.4. The fraction of sp³-hybridized carbons (Fsp3) is 0.188. The van der Waals surface area contributed by atoms with Gasteiger partial charge < -0.3 is 5.32 Å². The first-order chi connectivity index (χ1) is 11.8. The molecule has 0 heterocycles. The molecule has 0 radical (unpaired) electrons. The Kier molecular flexibility index (Phi) is 6.42. The average molecular weight is 403 g/mol. The molecule has 0 bridgehead atoms. The molecule has 2 aromatic carbocycles. The Morgan fingerprint density at radius 3 is 2.48 bits per heavy atom. The first-order valence-electron chi connectivity index (χ1n) is 7.11. The molecule has 1 amide bonds. The molecule has 2 rings (SSSR count). The van der Waals surface area contributed by atoms with Crippen LogP contribution in [-0.4, -0.2) is 33.0 Å². The SMILES string of the molecule is CON(C)S(=O)(=O)c1ccc(Cl)c(C(=O)NCc2ccccc2Cl)c1. The van der Waals surface area contributed by atoms with Gasteiger partial charge in [-0.05, 0) is 29.8 Å². The van der Waals surface area contributed by atoms with Gasteiger partial charge in [-0.15, -0.1) is 0 Å². The van der Waals surface area contributed by atoms with Crippen LogP contribution in [0.15, 0.2) is 47.4 Å². The summed E-state index contributed by atoms with van der Waals surface area (Å²) < 4.78 is 25.3. The van der Waals surface area contributed by atoms with E-state index in [4.69, 9.17) is 28.0 Å². The second-order valence-corrected chi connectivity index (χ2v) is 7.76. The molecule has 1 N–H and O–H groups in total. The third kappa shape index (κ3) is 4.50. The maximum Gasteiger partial charge on any atom is 0.264 e. The molecule has 0 spiro atoms. The van der Waals surface area contributed by atoms with Crippen molar-refractivity contribution >= 4 is 39.1 Å². The fourth-order valence-electron chi connectivity index (χ4n) is 2.00. The second kappa shape index (κ2) is 8.16.